The highest BCUT2D eigenvalue weighted by molar-refractivity contribution is 14.0. The molecule has 134 valence electrons. The van der Waals surface area contributed by atoms with Crippen molar-refractivity contribution in [3.05, 3.63) is 66.8 Å². The molecular weight excluding hydrogens is 434 g/mol. The molecule has 1 aromatic carbocycles. The maximum absolute atomic E-state index is 14.2. The number of nitrogens with zero attached hydrogens (tertiary/aromatic N) is 2. The van der Waals surface area contributed by atoms with Crippen molar-refractivity contribution in [3.8, 4) is 11.5 Å². The van der Waals surface area contributed by atoms with Gasteiger partial charge in [0.1, 0.15) is 5.75 Å². The van der Waals surface area contributed by atoms with E-state index in [-0.39, 0.29) is 29.7 Å². The maximum atomic E-state index is 14.2. The van der Waals surface area contributed by atoms with Crippen LogP contribution in [-0.4, -0.2) is 24.0 Å². The molecule has 0 spiro atoms. The Morgan fingerprint density at radius 3 is 2.84 bits per heavy atom. The first-order chi connectivity index (χ1) is 11.7. The van der Waals surface area contributed by atoms with Gasteiger partial charge in [-0.1, -0.05) is 12.1 Å². The largest absolute Gasteiger partial charge is 0.453 e. The van der Waals surface area contributed by atoms with Crippen LogP contribution in [0, 0.1) is 5.82 Å². The van der Waals surface area contributed by atoms with E-state index in [4.69, 9.17) is 4.74 Å². The highest BCUT2D eigenvalue weighted by Gasteiger charge is 2.06. The van der Waals surface area contributed by atoms with Crippen molar-refractivity contribution in [1.29, 1.82) is 0 Å². The van der Waals surface area contributed by atoms with Crippen LogP contribution in [0.15, 0.2) is 60.4 Å². The number of ether oxygens (including phenoxy) is 1. The summed E-state index contributed by atoms with van der Waals surface area (Å²) in [6.45, 7) is 7.35. The van der Waals surface area contributed by atoms with Gasteiger partial charge < -0.3 is 15.4 Å². The van der Waals surface area contributed by atoms with Gasteiger partial charge in [-0.25, -0.2) is 9.38 Å². The zero-order chi connectivity index (χ0) is 17.2. The van der Waals surface area contributed by atoms with Crippen molar-refractivity contribution >= 4 is 29.9 Å². The SMILES string of the molecule is C=CCNC(=NCc1ccc(Oc2cccnc2)c(F)c1)NCC.I. The minimum Gasteiger partial charge on any atom is -0.453 e. The molecule has 7 heteroatoms. The molecule has 0 saturated heterocycles. The van der Waals surface area contributed by atoms with Crippen LogP contribution in [0.4, 0.5) is 4.39 Å². The Hall–Kier alpha value is -2.16. The molecule has 0 unspecified atom stereocenters. The fraction of sp³-hybridized carbons (Fsp3) is 0.222. The van der Waals surface area contributed by atoms with Gasteiger partial charge in [0, 0.05) is 19.3 Å². The molecule has 0 amide bonds. The number of hydrogen-bond donors (Lipinski definition) is 2. The van der Waals surface area contributed by atoms with Crippen LogP contribution in [0.5, 0.6) is 11.5 Å². The van der Waals surface area contributed by atoms with Crippen molar-refractivity contribution in [3.63, 3.8) is 0 Å². The summed E-state index contributed by atoms with van der Waals surface area (Å²) in [4.78, 5) is 8.34. The third-order valence-electron chi connectivity index (χ3n) is 3.04. The van der Waals surface area contributed by atoms with E-state index in [2.05, 4.69) is 27.2 Å². The van der Waals surface area contributed by atoms with Crippen molar-refractivity contribution in [2.75, 3.05) is 13.1 Å². The molecule has 0 atom stereocenters. The normalized spacial score (nSPS) is 10.6. The predicted octanol–water partition coefficient (Wildman–Crippen LogP) is 3.87. The van der Waals surface area contributed by atoms with Crippen LogP contribution in [0.1, 0.15) is 12.5 Å². The standard InChI is InChI=1S/C18H21FN4O.HI/c1-3-9-22-18(21-4-2)23-12-14-7-8-17(16(19)11-14)24-15-6-5-10-20-13-15;/h3,5-8,10-11,13H,1,4,9,12H2,2H3,(H2,21,22,23);1H. The van der Waals surface area contributed by atoms with Crippen LogP contribution in [-0.2, 0) is 6.54 Å². The minimum atomic E-state index is -0.435. The molecule has 1 aromatic heterocycles. The molecule has 0 aliphatic heterocycles. The first kappa shape index (κ1) is 20.9. The molecule has 5 nitrogen and oxygen atoms in total. The smallest absolute Gasteiger partial charge is 0.191 e. The van der Waals surface area contributed by atoms with E-state index < -0.39 is 5.82 Å². The number of halogens is 2. The second kappa shape index (κ2) is 11.4. The van der Waals surface area contributed by atoms with E-state index in [1.54, 1.807) is 36.5 Å². The lowest BCUT2D eigenvalue weighted by Crippen LogP contribution is -2.37. The van der Waals surface area contributed by atoms with Gasteiger partial charge in [0.25, 0.3) is 0 Å². The number of aliphatic imine (C=N–C) groups is 1. The van der Waals surface area contributed by atoms with E-state index in [0.29, 0.717) is 24.8 Å². The molecule has 0 radical (unpaired) electrons. The van der Waals surface area contributed by atoms with Crippen LogP contribution in [0.3, 0.4) is 0 Å². The summed E-state index contributed by atoms with van der Waals surface area (Å²) in [5, 5.41) is 6.21. The number of guanidine groups is 1. The highest BCUT2D eigenvalue weighted by atomic mass is 127. The quantitative estimate of drug-likeness (QED) is 0.288. The third kappa shape index (κ3) is 7.08. The molecule has 2 rings (SSSR count). The lowest BCUT2D eigenvalue weighted by molar-refractivity contribution is 0.440. The van der Waals surface area contributed by atoms with Gasteiger partial charge in [0.05, 0.1) is 12.7 Å². The molecule has 2 N–H and O–H groups in total. The summed E-state index contributed by atoms with van der Waals surface area (Å²) in [6, 6.07) is 8.26. The molecular formula is C18H22FIN4O. The minimum absolute atomic E-state index is 0. The first-order valence-corrected chi connectivity index (χ1v) is 7.72. The second-order valence-corrected chi connectivity index (χ2v) is 4.92. The van der Waals surface area contributed by atoms with Crippen LogP contribution >= 0.6 is 24.0 Å². The summed E-state index contributed by atoms with van der Waals surface area (Å²) in [5.41, 5.74) is 0.752. The lowest BCUT2D eigenvalue weighted by atomic mass is 10.2. The van der Waals surface area contributed by atoms with E-state index in [1.165, 1.54) is 12.3 Å². The van der Waals surface area contributed by atoms with Gasteiger partial charge in [-0.05, 0) is 36.8 Å². The summed E-state index contributed by atoms with van der Waals surface area (Å²) in [7, 11) is 0. The second-order valence-electron chi connectivity index (χ2n) is 4.92. The van der Waals surface area contributed by atoms with Gasteiger partial charge in [-0.15, -0.1) is 30.6 Å². The monoisotopic (exact) mass is 456 g/mol. The Kier molecular flexibility index (Phi) is 9.53. The number of hydrogen-bond acceptors (Lipinski definition) is 3. The number of benzene rings is 1. The fourth-order valence-corrected chi connectivity index (χ4v) is 1.94. The maximum Gasteiger partial charge on any atom is 0.191 e. The van der Waals surface area contributed by atoms with Gasteiger partial charge in [0.2, 0.25) is 0 Å². The Bertz CT molecular complexity index is 695. The Morgan fingerprint density at radius 2 is 2.20 bits per heavy atom. The zero-order valence-corrected chi connectivity index (χ0v) is 16.4. The number of aromatic nitrogens is 1. The molecule has 1 heterocycles. The Balaban J connectivity index is 0.00000312. The molecule has 0 aliphatic carbocycles. The van der Waals surface area contributed by atoms with Gasteiger partial charge in [-0.2, -0.15) is 0 Å². The summed E-state index contributed by atoms with van der Waals surface area (Å²) < 4.78 is 19.6. The average molecular weight is 456 g/mol. The molecule has 0 fully saturated rings. The van der Waals surface area contributed by atoms with Crippen LogP contribution < -0.4 is 15.4 Å². The molecule has 2 aromatic rings. The molecule has 0 saturated carbocycles. The summed E-state index contributed by atoms with van der Waals surface area (Å²) >= 11 is 0. The van der Waals surface area contributed by atoms with E-state index in [9.17, 15) is 4.39 Å². The Morgan fingerprint density at radius 1 is 1.36 bits per heavy atom. The summed E-state index contributed by atoms with van der Waals surface area (Å²) in [6.07, 6.45) is 4.91. The van der Waals surface area contributed by atoms with Crippen LogP contribution in [0.25, 0.3) is 0 Å². The zero-order valence-electron chi connectivity index (χ0n) is 14.0. The van der Waals surface area contributed by atoms with Crippen molar-refractivity contribution in [2.24, 2.45) is 4.99 Å². The highest BCUT2D eigenvalue weighted by Crippen LogP contribution is 2.24. The van der Waals surface area contributed by atoms with Crippen LogP contribution in [0.2, 0.25) is 0 Å². The average Bonchev–Trinajstić information content (AvgIpc) is 2.60. The predicted molar refractivity (Wildman–Crippen MR) is 109 cm³/mol. The molecule has 0 aliphatic rings. The lowest BCUT2D eigenvalue weighted by Gasteiger charge is -2.10. The third-order valence-corrected chi connectivity index (χ3v) is 3.04. The van der Waals surface area contributed by atoms with Crippen molar-refractivity contribution in [2.45, 2.75) is 13.5 Å². The van der Waals surface area contributed by atoms with E-state index >= 15 is 0 Å². The van der Waals surface area contributed by atoms with Crippen molar-refractivity contribution in [1.82, 2.24) is 15.6 Å². The summed E-state index contributed by atoms with van der Waals surface area (Å²) in [5.74, 6) is 0.877. The van der Waals surface area contributed by atoms with Crippen molar-refractivity contribution < 1.29 is 9.13 Å². The van der Waals surface area contributed by atoms with E-state index in [0.717, 1.165) is 12.1 Å². The first-order valence-electron chi connectivity index (χ1n) is 7.72. The number of rotatable bonds is 7. The number of pyridine rings is 1. The molecule has 0 bridgehead atoms. The molecule has 25 heavy (non-hydrogen) atoms. The van der Waals surface area contributed by atoms with Gasteiger partial charge >= 0.3 is 0 Å². The van der Waals surface area contributed by atoms with Gasteiger partial charge in [-0.3, -0.25) is 4.98 Å². The Labute approximate surface area is 164 Å². The number of nitrogens with one attached hydrogen (secondary N) is 2. The fourth-order valence-electron chi connectivity index (χ4n) is 1.94. The van der Waals surface area contributed by atoms with Gasteiger partial charge in [0.15, 0.2) is 17.5 Å². The van der Waals surface area contributed by atoms with E-state index in [1.807, 2.05) is 6.92 Å². The topological polar surface area (TPSA) is 58.5 Å².